The summed E-state index contributed by atoms with van der Waals surface area (Å²) in [5.74, 6) is -0.251. The van der Waals surface area contributed by atoms with Crippen molar-refractivity contribution in [2.24, 2.45) is 0 Å². The summed E-state index contributed by atoms with van der Waals surface area (Å²) in [7, 11) is 1.86. The molecule has 0 saturated carbocycles. The SMILES string of the molecule is CNc1ccc(NCc2cc(Cl)ccc2F)cc1. The average Bonchev–Trinajstić information content (AvgIpc) is 2.40. The average molecular weight is 265 g/mol. The zero-order valence-electron chi connectivity index (χ0n) is 10.0. The molecule has 0 amide bonds. The number of nitrogens with one attached hydrogen (secondary N) is 2. The monoisotopic (exact) mass is 264 g/mol. The van der Waals surface area contributed by atoms with Gasteiger partial charge in [-0.3, -0.25) is 0 Å². The van der Waals surface area contributed by atoms with Crippen LogP contribution in [0.3, 0.4) is 0 Å². The Labute approximate surface area is 111 Å². The number of hydrogen-bond donors (Lipinski definition) is 2. The van der Waals surface area contributed by atoms with Gasteiger partial charge in [0.25, 0.3) is 0 Å². The van der Waals surface area contributed by atoms with Crippen LogP contribution in [0.4, 0.5) is 15.8 Å². The molecule has 2 aromatic carbocycles. The van der Waals surface area contributed by atoms with Crippen molar-refractivity contribution in [2.75, 3.05) is 17.7 Å². The zero-order valence-corrected chi connectivity index (χ0v) is 10.8. The third-order valence-electron chi connectivity index (χ3n) is 2.66. The van der Waals surface area contributed by atoms with Gasteiger partial charge in [-0.15, -0.1) is 0 Å². The summed E-state index contributed by atoms with van der Waals surface area (Å²) in [6, 6.07) is 12.3. The molecule has 0 atom stereocenters. The molecule has 2 nitrogen and oxygen atoms in total. The van der Waals surface area contributed by atoms with Crippen molar-refractivity contribution in [3.05, 3.63) is 58.9 Å². The standard InChI is InChI=1S/C14H14ClFN2/c1-17-12-3-5-13(6-4-12)18-9-10-8-11(15)2-7-14(10)16/h2-8,17-18H,9H2,1H3. The van der Waals surface area contributed by atoms with Crippen molar-refractivity contribution in [1.29, 1.82) is 0 Å². The fourth-order valence-corrected chi connectivity index (χ4v) is 1.83. The van der Waals surface area contributed by atoms with Crippen LogP contribution < -0.4 is 10.6 Å². The van der Waals surface area contributed by atoms with E-state index in [9.17, 15) is 4.39 Å². The molecule has 0 heterocycles. The van der Waals surface area contributed by atoms with Gasteiger partial charge in [-0.1, -0.05) is 11.6 Å². The number of benzene rings is 2. The fourth-order valence-electron chi connectivity index (χ4n) is 1.63. The Morgan fingerprint density at radius 3 is 2.39 bits per heavy atom. The Bertz CT molecular complexity index is 526. The van der Waals surface area contributed by atoms with Gasteiger partial charge >= 0.3 is 0 Å². The minimum Gasteiger partial charge on any atom is -0.388 e. The molecule has 0 aliphatic rings. The van der Waals surface area contributed by atoms with Gasteiger partial charge in [0.2, 0.25) is 0 Å². The number of hydrogen-bond acceptors (Lipinski definition) is 2. The van der Waals surface area contributed by atoms with Crippen LogP contribution in [-0.2, 0) is 6.54 Å². The molecule has 0 bridgehead atoms. The molecule has 0 aliphatic carbocycles. The van der Waals surface area contributed by atoms with Gasteiger partial charge in [-0.05, 0) is 42.5 Å². The van der Waals surface area contributed by atoms with Crippen molar-refractivity contribution in [1.82, 2.24) is 0 Å². The summed E-state index contributed by atoms with van der Waals surface area (Å²) in [4.78, 5) is 0. The van der Waals surface area contributed by atoms with Crippen molar-refractivity contribution < 1.29 is 4.39 Å². The molecular formula is C14H14ClFN2. The molecule has 0 aromatic heterocycles. The largest absolute Gasteiger partial charge is 0.388 e. The van der Waals surface area contributed by atoms with Gasteiger partial charge < -0.3 is 10.6 Å². The highest BCUT2D eigenvalue weighted by atomic mass is 35.5. The first kappa shape index (κ1) is 12.7. The predicted octanol–water partition coefficient (Wildman–Crippen LogP) is 4.13. The fraction of sp³-hybridized carbons (Fsp3) is 0.143. The lowest BCUT2D eigenvalue weighted by molar-refractivity contribution is 0.613. The maximum absolute atomic E-state index is 13.5. The van der Waals surface area contributed by atoms with E-state index in [1.165, 1.54) is 6.07 Å². The Morgan fingerprint density at radius 2 is 1.72 bits per heavy atom. The van der Waals surface area contributed by atoms with Crippen LogP contribution in [0.15, 0.2) is 42.5 Å². The molecule has 0 radical (unpaired) electrons. The van der Waals surface area contributed by atoms with E-state index in [1.807, 2.05) is 31.3 Å². The van der Waals surface area contributed by atoms with Gasteiger partial charge in [-0.25, -0.2) is 4.39 Å². The van der Waals surface area contributed by atoms with Crippen molar-refractivity contribution >= 4 is 23.0 Å². The van der Waals surface area contributed by atoms with Crippen molar-refractivity contribution in [3.63, 3.8) is 0 Å². The predicted molar refractivity (Wildman–Crippen MR) is 74.7 cm³/mol. The van der Waals surface area contributed by atoms with Crippen LogP contribution in [0.2, 0.25) is 5.02 Å². The van der Waals surface area contributed by atoms with Crippen LogP contribution in [0.25, 0.3) is 0 Å². The van der Waals surface area contributed by atoms with E-state index in [2.05, 4.69) is 10.6 Å². The van der Waals surface area contributed by atoms with Crippen LogP contribution in [0.1, 0.15) is 5.56 Å². The van der Waals surface area contributed by atoms with E-state index >= 15 is 0 Å². The molecule has 18 heavy (non-hydrogen) atoms. The second-order valence-corrected chi connectivity index (χ2v) is 4.35. The van der Waals surface area contributed by atoms with Crippen LogP contribution in [0, 0.1) is 5.82 Å². The minimum absolute atomic E-state index is 0.251. The first-order valence-corrected chi connectivity index (χ1v) is 6.02. The molecular weight excluding hydrogens is 251 g/mol. The topological polar surface area (TPSA) is 24.1 Å². The van der Waals surface area contributed by atoms with Gasteiger partial charge in [0.15, 0.2) is 0 Å². The van der Waals surface area contributed by atoms with E-state index < -0.39 is 0 Å². The Morgan fingerprint density at radius 1 is 1.06 bits per heavy atom. The molecule has 0 saturated heterocycles. The van der Waals surface area contributed by atoms with E-state index in [1.54, 1.807) is 12.1 Å². The van der Waals surface area contributed by atoms with Gasteiger partial charge in [0.1, 0.15) is 5.82 Å². The highest BCUT2D eigenvalue weighted by Crippen LogP contribution is 2.18. The lowest BCUT2D eigenvalue weighted by atomic mass is 10.2. The molecule has 94 valence electrons. The van der Waals surface area contributed by atoms with E-state index in [4.69, 9.17) is 11.6 Å². The highest BCUT2D eigenvalue weighted by molar-refractivity contribution is 6.30. The summed E-state index contributed by atoms with van der Waals surface area (Å²) in [5.41, 5.74) is 2.53. The molecule has 0 spiro atoms. The zero-order chi connectivity index (χ0) is 13.0. The van der Waals surface area contributed by atoms with Crippen molar-refractivity contribution in [3.8, 4) is 0 Å². The summed E-state index contributed by atoms with van der Waals surface area (Å²) in [6.45, 7) is 0.408. The normalized spacial score (nSPS) is 10.2. The smallest absolute Gasteiger partial charge is 0.128 e. The first-order valence-electron chi connectivity index (χ1n) is 5.64. The van der Waals surface area contributed by atoms with E-state index in [-0.39, 0.29) is 5.82 Å². The molecule has 4 heteroatoms. The summed E-state index contributed by atoms with van der Waals surface area (Å²) >= 11 is 5.84. The molecule has 0 aliphatic heterocycles. The molecule has 2 aromatic rings. The number of anilines is 2. The summed E-state index contributed by atoms with van der Waals surface area (Å²) < 4.78 is 13.5. The van der Waals surface area contributed by atoms with Crippen LogP contribution >= 0.6 is 11.6 Å². The third kappa shape index (κ3) is 3.14. The van der Waals surface area contributed by atoms with E-state index in [0.29, 0.717) is 17.1 Å². The molecule has 0 unspecified atom stereocenters. The first-order chi connectivity index (χ1) is 8.69. The Hall–Kier alpha value is -1.74. The Kier molecular flexibility index (Phi) is 4.05. The molecule has 2 N–H and O–H groups in total. The second-order valence-electron chi connectivity index (χ2n) is 3.92. The maximum atomic E-state index is 13.5. The van der Waals surface area contributed by atoms with Crippen LogP contribution in [0.5, 0.6) is 0 Å². The maximum Gasteiger partial charge on any atom is 0.128 e. The minimum atomic E-state index is -0.251. The summed E-state index contributed by atoms with van der Waals surface area (Å²) in [5, 5.41) is 6.73. The Balaban J connectivity index is 2.04. The van der Waals surface area contributed by atoms with Gasteiger partial charge in [-0.2, -0.15) is 0 Å². The number of halogens is 2. The van der Waals surface area contributed by atoms with Gasteiger partial charge in [0, 0.05) is 35.6 Å². The second kappa shape index (κ2) is 5.74. The summed E-state index contributed by atoms with van der Waals surface area (Å²) in [6.07, 6.45) is 0. The quantitative estimate of drug-likeness (QED) is 0.868. The number of rotatable bonds is 4. The lowest BCUT2D eigenvalue weighted by Crippen LogP contribution is -2.01. The molecule has 0 fully saturated rings. The van der Waals surface area contributed by atoms with Crippen molar-refractivity contribution in [2.45, 2.75) is 6.54 Å². The lowest BCUT2D eigenvalue weighted by Gasteiger charge is -2.08. The molecule has 2 rings (SSSR count). The van der Waals surface area contributed by atoms with Crippen LogP contribution in [-0.4, -0.2) is 7.05 Å². The third-order valence-corrected chi connectivity index (χ3v) is 2.90. The van der Waals surface area contributed by atoms with E-state index in [0.717, 1.165) is 11.4 Å². The highest BCUT2D eigenvalue weighted by Gasteiger charge is 2.02. The van der Waals surface area contributed by atoms with Gasteiger partial charge in [0.05, 0.1) is 0 Å².